The van der Waals surface area contributed by atoms with Crippen LogP contribution >= 0.6 is 0 Å². The van der Waals surface area contributed by atoms with Gasteiger partial charge in [0.15, 0.2) is 0 Å². The number of likely N-dealkylation sites (tertiary alicyclic amines) is 1. The number of rotatable bonds is 2. The Morgan fingerprint density at radius 2 is 1.81 bits per heavy atom. The predicted molar refractivity (Wildman–Crippen MR) is 74.9 cm³/mol. The van der Waals surface area contributed by atoms with Gasteiger partial charge in [0.05, 0.1) is 6.10 Å². The van der Waals surface area contributed by atoms with Crippen molar-refractivity contribution in [1.29, 1.82) is 0 Å². The van der Waals surface area contributed by atoms with Crippen LogP contribution in [0.1, 0.15) is 17.5 Å². The number of aliphatic hydroxyl groups excluding tert-OH is 1. The van der Waals surface area contributed by atoms with E-state index in [2.05, 4.69) is 5.32 Å². The number of nitrogens with one attached hydrogen (secondary N) is 1. The van der Waals surface area contributed by atoms with Gasteiger partial charge in [0.2, 0.25) is 0 Å². The lowest BCUT2D eigenvalue weighted by Gasteiger charge is -2.23. The Labute approximate surface area is 122 Å². The average Bonchev–Trinajstić information content (AvgIpc) is 3.01. The summed E-state index contributed by atoms with van der Waals surface area (Å²) >= 11 is 0. The first-order valence-electron chi connectivity index (χ1n) is 7.09. The maximum atomic E-state index is 12.3. The van der Waals surface area contributed by atoms with Gasteiger partial charge in [-0.2, -0.15) is 0 Å². The molecule has 2 atom stereocenters. The molecule has 1 saturated heterocycles. The third kappa shape index (κ3) is 2.71. The fourth-order valence-electron chi connectivity index (χ4n) is 3.19. The summed E-state index contributed by atoms with van der Waals surface area (Å²) < 4.78 is 0. The second kappa shape index (κ2) is 5.37. The van der Waals surface area contributed by atoms with Crippen molar-refractivity contribution in [3.63, 3.8) is 0 Å². The molecule has 3 N–H and O–H groups in total. The lowest BCUT2D eigenvalue weighted by molar-refractivity contribution is -0.141. The van der Waals surface area contributed by atoms with E-state index in [1.54, 1.807) is 0 Å². The van der Waals surface area contributed by atoms with Gasteiger partial charge < -0.3 is 20.4 Å². The van der Waals surface area contributed by atoms with Gasteiger partial charge in [0, 0.05) is 19.0 Å². The summed E-state index contributed by atoms with van der Waals surface area (Å²) in [5, 5.41) is 21.6. The first-order chi connectivity index (χ1) is 10.0. The van der Waals surface area contributed by atoms with E-state index < -0.39 is 24.1 Å². The van der Waals surface area contributed by atoms with Crippen molar-refractivity contribution >= 4 is 12.0 Å². The van der Waals surface area contributed by atoms with Crippen molar-refractivity contribution in [2.45, 2.75) is 37.5 Å². The first kappa shape index (κ1) is 13.9. The number of carboxylic acid groups (broad SMARTS) is 1. The molecule has 112 valence electrons. The van der Waals surface area contributed by atoms with Crippen molar-refractivity contribution in [3.8, 4) is 0 Å². The Morgan fingerprint density at radius 3 is 2.38 bits per heavy atom. The van der Waals surface area contributed by atoms with Crippen LogP contribution in [-0.4, -0.2) is 51.8 Å². The van der Waals surface area contributed by atoms with E-state index in [0.717, 1.165) is 12.8 Å². The number of nitrogens with zero attached hydrogens (tertiary/aromatic N) is 1. The second-order valence-electron chi connectivity index (χ2n) is 5.72. The summed E-state index contributed by atoms with van der Waals surface area (Å²) in [5.41, 5.74) is 2.44. The van der Waals surface area contributed by atoms with Gasteiger partial charge in [0.25, 0.3) is 0 Å². The number of amides is 2. The van der Waals surface area contributed by atoms with Crippen LogP contribution in [0.5, 0.6) is 0 Å². The number of carbonyl (C=O) groups is 2. The van der Waals surface area contributed by atoms with E-state index in [-0.39, 0.29) is 19.0 Å². The molecular weight excluding hydrogens is 272 g/mol. The molecule has 3 rings (SSSR count). The molecule has 0 aromatic heterocycles. The van der Waals surface area contributed by atoms with E-state index >= 15 is 0 Å². The molecule has 1 heterocycles. The number of hydrogen-bond donors (Lipinski definition) is 3. The molecule has 1 aliphatic carbocycles. The number of carboxylic acids is 1. The summed E-state index contributed by atoms with van der Waals surface area (Å²) in [6, 6.07) is 6.67. The maximum Gasteiger partial charge on any atom is 0.326 e. The molecule has 1 aromatic carbocycles. The van der Waals surface area contributed by atoms with Crippen molar-refractivity contribution in [1.82, 2.24) is 10.2 Å². The molecule has 1 aliphatic heterocycles. The number of fused-ring (bicyclic) bond motifs is 1. The van der Waals surface area contributed by atoms with E-state index in [0.29, 0.717) is 0 Å². The normalized spacial score (nSPS) is 24.9. The fourth-order valence-corrected chi connectivity index (χ4v) is 3.19. The van der Waals surface area contributed by atoms with Gasteiger partial charge in [-0.1, -0.05) is 24.3 Å². The summed E-state index contributed by atoms with van der Waals surface area (Å²) in [5.74, 6) is -1.07. The SMILES string of the molecule is O=C(O)[C@H]1C[C@@H](O)CN1C(=O)NC1Cc2ccccc2C1. The number of β-amino-alcohol motifs (C(OH)–C–C–N with tert-alkyl or cyclic N) is 1. The highest BCUT2D eigenvalue weighted by Gasteiger charge is 2.39. The van der Waals surface area contributed by atoms with Crippen molar-refractivity contribution < 1.29 is 19.8 Å². The van der Waals surface area contributed by atoms with Gasteiger partial charge >= 0.3 is 12.0 Å². The highest BCUT2D eigenvalue weighted by molar-refractivity contribution is 5.83. The summed E-state index contributed by atoms with van der Waals surface area (Å²) in [6.45, 7) is 0.0719. The van der Waals surface area contributed by atoms with E-state index in [4.69, 9.17) is 5.11 Å². The molecule has 21 heavy (non-hydrogen) atoms. The molecule has 1 aromatic rings. The van der Waals surface area contributed by atoms with Gasteiger partial charge in [-0.05, 0) is 24.0 Å². The summed E-state index contributed by atoms with van der Waals surface area (Å²) in [7, 11) is 0. The second-order valence-corrected chi connectivity index (χ2v) is 5.72. The minimum absolute atomic E-state index is 0.0120. The number of aliphatic hydroxyl groups is 1. The monoisotopic (exact) mass is 290 g/mol. The summed E-state index contributed by atoms with van der Waals surface area (Å²) in [6.07, 6.45) is 0.845. The van der Waals surface area contributed by atoms with Crippen LogP contribution < -0.4 is 5.32 Å². The van der Waals surface area contributed by atoms with Crippen molar-refractivity contribution in [2.75, 3.05) is 6.54 Å². The first-order valence-corrected chi connectivity index (χ1v) is 7.09. The lowest BCUT2D eigenvalue weighted by Crippen LogP contribution is -2.49. The van der Waals surface area contributed by atoms with E-state index in [9.17, 15) is 14.7 Å². The fraction of sp³-hybridized carbons (Fsp3) is 0.467. The third-order valence-electron chi connectivity index (χ3n) is 4.20. The Hall–Kier alpha value is -2.08. The van der Waals surface area contributed by atoms with Crippen molar-refractivity contribution in [3.05, 3.63) is 35.4 Å². The van der Waals surface area contributed by atoms with Crippen LogP contribution in [0.3, 0.4) is 0 Å². The molecule has 0 radical (unpaired) electrons. The van der Waals surface area contributed by atoms with Crippen molar-refractivity contribution in [2.24, 2.45) is 0 Å². The Balaban J connectivity index is 1.64. The van der Waals surface area contributed by atoms with Crippen LogP contribution in [0, 0.1) is 0 Å². The lowest BCUT2D eigenvalue weighted by atomic mass is 10.1. The zero-order chi connectivity index (χ0) is 15.0. The largest absolute Gasteiger partial charge is 0.480 e. The number of benzene rings is 1. The smallest absolute Gasteiger partial charge is 0.326 e. The molecule has 6 nitrogen and oxygen atoms in total. The zero-order valence-electron chi connectivity index (χ0n) is 11.5. The molecule has 0 unspecified atom stereocenters. The summed E-state index contributed by atoms with van der Waals surface area (Å²) in [4.78, 5) is 24.6. The van der Waals surface area contributed by atoms with Gasteiger partial charge in [-0.3, -0.25) is 0 Å². The zero-order valence-corrected chi connectivity index (χ0v) is 11.5. The number of urea groups is 1. The average molecular weight is 290 g/mol. The molecule has 0 bridgehead atoms. The predicted octanol–water partition coefficient (Wildman–Crippen LogP) is 0.383. The highest BCUT2D eigenvalue weighted by Crippen LogP contribution is 2.23. The van der Waals surface area contributed by atoms with Crippen LogP contribution in [-0.2, 0) is 17.6 Å². The molecule has 0 saturated carbocycles. The highest BCUT2D eigenvalue weighted by atomic mass is 16.4. The molecule has 6 heteroatoms. The Kier molecular flexibility index (Phi) is 3.55. The minimum Gasteiger partial charge on any atom is -0.480 e. The molecule has 2 amide bonds. The standard InChI is InChI=1S/C15H18N2O4/c18-12-7-13(14(19)20)17(8-12)15(21)16-11-5-9-3-1-2-4-10(9)6-11/h1-4,11-13,18H,5-8H2,(H,16,21)(H,19,20)/t12-,13-/m1/s1. The molecule has 2 aliphatic rings. The van der Waals surface area contributed by atoms with E-state index in [1.165, 1.54) is 16.0 Å². The maximum absolute atomic E-state index is 12.3. The number of hydrogen-bond acceptors (Lipinski definition) is 3. The third-order valence-corrected chi connectivity index (χ3v) is 4.20. The van der Waals surface area contributed by atoms with Crippen LogP contribution in [0.15, 0.2) is 24.3 Å². The quantitative estimate of drug-likeness (QED) is 0.734. The van der Waals surface area contributed by atoms with Crippen LogP contribution in [0.4, 0.5) is 4.79 Å². The van der Waals surface area contributed by atoms with Gasteiger partial charge in [-0.25, -0.2) is 9.59 Å². The van der Waals surface area contributed by atoms with Gasteiger partial charge in [0.1, 0.15) is 6.04 Å². The van der Waals surface area contributed by atoms with Crippen LogP contribution in [0.25, 0.3) is 0 Å². The van der Waals surface area contributed by atoms with E-state index in [1.807, 2.05) is 24.3 Å². The molecule has 0 spiro atoms. The Morgan fingerprint density at radius 1 is 1.19 bits per heavy atom. The number of aliphatic carboxylic acids is 1. The topological polar surface area (TPSA) is 89.9 Å². The molecule has 1 fully saturated rings. The molecular formula is C15H18N2O4. The number of carbonyl (C=O) groups excluding carboxylic acids is 1. The Bertz CT molecular complexity index is 550. The van der Waals surface area contributed by atoms with Gasteiger partial charge in [-0.15, -0.1) is 0 Å². The van der Waals surface area contributed by atoms with Crippen LogP contribution in [0.2, 0.25) is 0 Å². The minimum atomic E-state index is -1.07.